The lowest BCUT2D eigenvalue weighted by Crippen LogP contribution is -2.26. The van der Waals surface area contributed by atoms with Gasteiger partial charge in [0.2, 0.25) is 0 Å². The van der Waals surface area contributed by atoms with Crippen LogP contribution < -0.4 is 5.32 Å². The quantitative estimate of drug-likeness (QED) is 0.804. The van der Waals surface area contributed by atoms with Crippen molar-refractivity contribution in [3.8, 4) is 0 Å². The molecule has 81 valence electrons. The Bertz CT molecular complexity index is 289. The number of nitrogens with zero attached hydrogens (tertiary/aromatic N) is 2. The minimum atomic E-state index is 0.997. The van der Waals surface area contributed by atoms with Crippen molar-refractivity contribution in [3.05, 3.63) is 34.3 Å². The summed E-state index contributed by atoms with van der Waals surface area (Å²) in [6.45, 7) is 5.38. The molecule has 0 saturated carbocycles. The molecule has 0 amide bonds. The maximum absolute atomic E-state index is 4.43. The second-order valence-corrected chi connectivity index (χ2v) is 4.84. The molecule has 0 spiro atoms. The van der Waals surface area contributed by atoms with Crippen LogP contribution in [0.3, 0.4) is 0 Å². The Morgan fingerprint density at radius 3 is 2.73 bits per heavy atom. The highest BCUT2D eigenvalue weighted by molar-refractivity contribution is 9.10. The first-order chi connectivity index (χ1) is 7.34. The molecule has 1 aromatic carbocycles. The van der Waals surface area contributed by atoms with Crippen LogP contribution >= 0.6 is 15.9 Å². The summed E-state index contributed by atoms with van der Waals surface area (Å²) in [5.74, 6) is 0. The van der Waals surface area contributed by atoms with E-state index in [4.69, 9.17) is 0 Å². The molecule has 0 aliphatic carbocycles. The third-order valence-electron chi connectivity index (χ3n) is 2.68. The first-order valence-corrected chi connectivity index (χ1v) is 6.24. The fourth-order valence-corrected chi connectivity index (χ4v) is 2.11. The predicted octanol–water partition coefficient (Wildman–Crippen LogP) is 2.26. The molecule has 1 aliphatic rings. The van der Waals surface area contributed by atoms with Crippen molar-refractivity contribution in [1.82, 2.24) is 10.2 Å². The fraction of sp³-hybridized carbons (Fsp3) is 0.500. The molecule has 2 nitrogen and oxygen atoms in total. The molecule has 2 rings (SSSR count). The first-order valence-electron chi connectivity index (χ1n) is 5.45. The van der Waals surface area contributed by atoms with Gasteiger partial charge in [0.05, 0.1) is 0 Å². The Balaban J connectivity index is 1.92. The number of rotatable bonds is 2. The lowest BCUT2D eigenvalue weighted by molar-refractivity contribution is 0.284. The fourth-order valence-electron chi connectivity index (χ4n) is 1.85. The molecule has 1 fully saturated rings. The van der Waals surface area contributed by atoms with Gasteiger partial charge in [-0.25, -0.2) is 5.32 Å². The minimum absolute atomic E-state index is 0.997. The van der Waals surface area contributed by atoms with Gasteiger partial charge in [-0.1, -0.05) is 28.1 Å². The number of benzene rings is 1. The normalized spacial score (nSPS) is 18.7. The second kappa shape index (κ2) is 5.64. The summed E-state index contributed by atoms with van der Waals surface area (Å²) in [6, 6.07) is 8.59. The van der Waals surface area contributed by atoms with E-state index in [1.807, 2.05) is 0 Å². The molecule has 0 bridgehead atoms. The van der Waals surface area contributed by atoms with Crippen LogP contribution in [-0.2, 0) is 6.54 Å². The van der Waals surface area contributed by atoms with Crippen molar-refractivity contribution in [1.29, 1.82) is 0 Å². The van der Waals surface area contributed by atoms with Crippen molar-refractivity contribution in [2.24, 2.45) is 0 Å². The Morgan fingerprint density at radius 1 is 1.13 bits per heavy atom. The van der Waals surface area contributed by atoms with Crippen LogP contribution in [0.2, 0.25) is 0 Å². The van der Waals surface area contributed by atoms with Crippen molar-refractivity contribution < 1.29 is 0 Å². The maximum atomic E-state index is 4.43. The van der Waals surface area contributed by atoms with Crippen LogP contribution in [0, 0.1) is 0 Å². The van der Waals surface area contributed by atoms with Crippen LogP contribution in [0.1, 0.15) is 12.0 Å². The zero-order chi connectivity index (χ0) is 10.5. The van der Waals surface area contributed by atoms with Gasteiger partial charge in [0.15, 0.2) is 0 Å². The first kappa shape index (κ1) is 11.1. The highest BCUT2D eigenvalue weighted by Gasteiger charge is 2.09. The molecule has 15 heavy (non-hydrogen) atoms. The number of hydrogen-bond acceptors (Lipinski definition) is 1. The molecule has 1 heterocycles. The molecule has 1 saturated heterocycles. The average Bonchev–Trinajstić information content (AvgIpc) is 2.50. The van der Waals surface area contributed by atoms with E-state index in [1.54, 1.807) is 0 Å². The van der Waals surface area contributed by atoms with Crippen molar-refractivity contribution in [2.75, 3.05) is 26.2 Å². The van der Waals surface area contributed by atoms with E-state index in [2.05, 4.69) is 50.4 Å². The van der Waals surface area contributed by atoms with Gasteiger partial charge in [-0.3, -0.25) is 4.90 Å². The largest absolute Gasteiger partial charge is 0.298 e. The second-order valence-electron chi connectivity index (χ2n) is 3.93. The van der Waals surface area contributed by atoms with Crippen LogP contribution in [0.15, 0.2) is 28.7 Å². The molecule has 3 heteroatoms. The Labute approximate surface area is 99.8 Å². The highest BCUT2D eigenvalue weighted by Crippen LogP contribution is 2.12. The summed E-state index contributed by atoms with van der Waals surface area (Å²) < 4.78 is 1.15. The van der Waals surface area contributed by atoms with Gasteiger partial charge >= 0.3 is 0 Å². The van der Waals surface area contributed by atoms with Crippen LogP contribution in [0.4, 0.5) is 0 Å². The Kier molecular flexibility index (Phi) is 4.18. The lowest BCUT2D eigenvalue weighted by atomic mass is 10.2. The summed E-state index contributed by atoms with van der Waals surface area (Å²) in [7, 11) is 0. The van der Waals surface area contributed by atoms with Crippen LogP contribution in [0.5, 0.6) is 0 Å². The van der Waals surface area contributed by atoms with Gasteiger partial charge in [-0.2, -0.15) is 0 Å². The lowest BCUT2D eigenvalue weighted by Gasteiger charge is -2.19. The third-order valence-corrected chi connectivity index (χ3v) is 3.21. The van der Waals surface area contributed by atoms with Crippen LogP contribution in [-0.4, -0.2) is 31.1 Å². The molecule has 1 aliphatic heterocycles. The molecule has 0 atom stereocenters. The third kappa shape index (κ3) is 3.59. The number of hydrogen-bond donors (Lipinski definition) is 0. The zero-order valence-electron chi connectivity index (χ0n) is 8.82. The van der Waals surface area contributed by atoms with Gasteiger partial charge in [0.25, 0.3) is 0 Å². The summed E-state index contributed by atoms with van der Waals surface area (Å²) in [5.41, 5.74) is 1.39. The van der Waals surface area contributed by atoms with Gasteiger partial charge in [-0.05, 0) is 30.7 Å². The summed E-state index contributed by atoms with van der Waals surface area (Å²) >= 11 is 3.45. The SMILES string of the molecule is Brc1ccc(CN2CCC[N]CC2)cc1. The zero-order valence-corrected chi connectivity index (χ0v) is 10.4. The monoisotopic (exact) mass is 267 g/mol. The van der Waals surface area contributed by atoms with Crippen molar-refractivity contribution >= 4 is 15.9 Å². The molecule has 0 unspecified atom stereocenters. The van der Waals surface area contributed by atoms with E-state index in [0.717, 1.165) is 30.7 Å². The van der Waals surface area contributed by atoms with E-state index in [-0.39, 0.29) is 0 Å². The molecule has 0 aromatic heterocycles. The topological polar surface area (TPSA) is 17.3 Å². The smallest absolute Gasteiger partial charge is 0.0261 e. The summed E-state index contributed by atoms with van der Waals surface area (Å²) in [6.07, 6.45) is 1.20. The highest BCUT2D eigenvalue weighted by atomic mass is 79.9. The Hall–Kier alpha value is -0.380. The van der Waals surface area contributed by atoms with Crippen molar-refractivity contribution in [3.63, 3.8) is 0 Å². The van der Waals surface area contributed by atoms with Crippen LogP contribution in [0.25, 0.3) is 0 Å². The van der Waals surface area contributed by atoms with Gasteiger partial charge < -0.3 is 0 Å². The summed E-state index contributed by atoms with van der Waals surface area (Å²) in [5, 5.41) is 4.43. The Morgan fingerprint density at radius 2 is 1.93 bits per heavy atom. The van der Waals surface area contributed by atoms with Gasteiger partial charge in [0.1, 0.15) is 0 Å². The van der Waals surface area contributed by atoms with Gasteiger partial charge in [-0.15, -0.1) is 0 Å². The maximum Gasteiger partial charge on any atom is 0.0261 e. The molecule has 1 aromatic rings. The molecular weight excluding hydrogens is 252 g/mol. The average molecular weight is 268 g/mol. The molecule has 1 radical (unpaired) electrons. The van der Waals surface area contributed by atoms with Crippen molar-refractivity contribution in [2.45, 2.75) is 13.0 Å². The van der Waals surface area contributed by atoms with E-state index < -0.39 is 0 Å². The van der Waals surface area contributed by atoms with E-state index in [0.29, 0.717) is 0 Å². The molecular formula is C12H16BrN2. The van der Waals surface area contributed by atoms with E-state index in [1.165, 1.54) is 18.5 Å². The van der Waals surface area contributed by atoms with E-state index >= 15 is 0 Å². The standard InChI is InChI=1S/C12H16BrN2/c13-12-4-2-11(3-5-12)10-15-8-1-6-14-7-9-15/h2-5H,1,6-10H2. The van der Waals surface area contributed by atoms with Gasteiger partial charge in [0, 0.05) is 30.7 Å². The molecule has 0 N–H and O–H groups in total. The summed E-state index contributed by atoms with van der Waals surface area (Å²) in [4.78, 5) is 2.49. The number of halogens is 1. The van der Waals surface area contributed by atoms with E-state index in [9.17, 15) is 0 Å². The minimum Gasteiger partial charge on any atom is -0.298 e. The predicted molar refractivity (Wildman–Crippen MR) is 65.9 cm³/mol.